The largest absolute Gasteiger partial charge is 0.378 e. The number of rotatable bonds is 4. The van der Waals surface area contributed by atoms with Gasteiger partial charge in [0.15, 0.2) is 0 Å². The second kappa shape index (κ2) is 6.71. The third-order valence-corrected chi connectivity index (χ3v) is 4.99. The normalized spacial score (nSPS) is 39.2. The van der Waals surface area contributed by atoms with E-state index in [4.69, 9.17) is 10.5 Å². The molecule has 1 heterocycles. The van der Waals surface area contributed by atoms with E-state index in [1.807, 2.05) is 0 Å². The van der Waals surface area contributed by atoms with Crippen LogP contribution in [0.3, 0.4) is 0 Å². The summed E-state index contributed by atoms with van der Waals surface area (Å²) in [6.07, 6.45) is 5.54. The van der Waals surface area contributed by atoms with Crippen molar-refractivity contribution in [3.63, 3.8) is 0 Å². The Balaban J connectivity index is 1.80. The standard InChI is InChI=1S/C15H28N2O2/c1-3-14-11(7-8-19-14)9-17-15(18)12-5-4-6-13(16)10(12)2/h10-14H,3-9,16H2,1-2H3,(H,17,18). The quantitative estimate of drug-likeness (QED) is 0.815. The minimum Gasteiger partial charge on any atom is -0.378 e. The van der Waals surface area contributed by atoms with Crippen LogP contribution < -0.4 is 11.1 Å². The molecule has 5 unspecified atom stereocenters. The van der Waals surface area contributed by atoms with Gasteiger partial charge < -0.3 is 15.8 Å². The second-order valence-corrected chi connectivity index (χ2v) is 6.17. The summed E-state index contributed by atoms with van der Waals surface area (Å²) in [5, 5.41) is 3.14. The van der Waals surface area contributed by atoms with Gasteiger partial charge in [0, 0.05) is 31.0 Å². The van der Waals surface area contributed by atoms with Crippen LogP contribution in [0.1, 0.15) is 46.0 Å². The Bertz CT molecular complexity index is 309. The van der Waals surface area contributed by atoms with Gasteiger partial charge in [-0.2, -0.15) is 0 Å². The van der Waals surface area contributed by atoms with E-state index < -0.39 is 0 Å². The van der Waals surface area contributed by atoms with E-state index in [0.29, 0.717) is 17.9 Å². The van der Waals surface area contributed by atoms with Gasteiger partial charge >= 0.3 is 0 Å². The first-order valence-electron chi connectivity index (χ1n) is 7.78. The van der Waals surface area contributed by atoms with Gasteiger partial charge in [0.05, 0.1) is 6.10 Å². The maximum Gasteiger partial charge on any atom is 0.223 e. The molecule has 110 valence electrons. The molecule has 3 N–H and O–H groups in total. The van der Waals surface area contributed by atoms with Gasteiger partial charge in [-0.3, -0.25) is 4.79 Å². The molecule has 0 radical (unpaired) electrons. The van der Waals surface area contributed by atoms with Crippen LogP contribution >= 0.6 is 0 Å². The molecule has 0 aromatic rings. The van der Waals surface area contributed by atoms with E-state index in [0.717, 1.165) is 45.3 Å². The summed E-state index contributed by atoms with van der Waals surface area (Å²) in [6.45, 7) is 5.86. The molecule has 2 fully saturated rings. The Morgan fingerprint density at radius 2 is 2.16 bits per heavy atom. The smallest absolute Gasteiger partial charge is 0.223 e. The van der Waals surface area contributed by atoms with Crippen molar-refractivity contribution in [2.75, 3.05) is 13.2 Å². The summed E-state index contributed by atoms with van der Waals surface area (Å²) >= 11 is 0. The summed E-state index contributed by atoms with van der Waals surface area (Å²) in [6, 6.07) is 0.183. The molecular weight excluding hydrogens is 240 g/mol. The summed E-state index contributed by atoms with van der Waals surface area (Å²) in [5.74, 6) is 1.09. The highest BCUT2D eigenvalue weighted by Crippen LogP contribution is 2.29. The van der Waals surface area contributed by atoms with Crippen LogP contribution in [0.2, 0.25) is 0 Å². The summed E-state index contributed by atoms with van der Waals surface area (Å²) in [5.41, 5.74) is 6.07. The van der Waals surface area contributed by atoms with Crippen molar-refractivity contribution >= 4 is 5.91 Å². The monoisotopic (exact) mass is 268 g/mol. The molecule has 1 aliphatic heterocycles. The van der Waals surface area contributed by atoms with Gasteiger partial charge in [-0.15, -0.1) is 0 Å². The Labute approximate surface area is 116 Å². The van der Waals surface area contributed by atoms with Crippen LogP contribution in [-0.4, -0.2) is 31.2 Å². The number of hydrogen-bond donors (Lipinski definition) is 2. The zero-order valence-electron chi connectivity index (χ0n) is 12.2. The maximum atomic E-state index is 12.3. The summed E-state index contributed by atoms with van der Waals surface area (Å²) in [7, 11) is 0. The number of amides is 1. The first kappa shape index (κ1) is 14.8. The number of carbonyl (C=O) groups excluding carboxylic acids is 1. The van der Waals surface area contributed by atoms with E-state index in [1.165, 1.54) is 0 Å². The van der Waals surface area contributed by atoms with Crippen molar-refractivity contribution in [2.24, 2.45) is 23.5 Å². The molecule has 1 aliphatic carbocycles. The third-order valence-electron chi connectivity index (χ3n) is 4.99. The average molecular weight is 268 g/mol. The molecule has 4 nitrogen and oxygen atoms in total. The molecule has 4 heteroatoms. The highest BCUT2D eigenvalue weighted by atomic mass is 16.5. The molecule has 19 heavy (non-hydrogen) atoms. The minimum absolute atomic E-state index is 0.103. The molecule has 0 aromatic carbocycles. The zero-order chi connectivity index (χ0) is 13.8. The van der Waals surface area contributed by atoms with Crippen LogP contribution in [-0.2, 0) is 9.53 Å². The highest BCUT2D eigenvalue weighted by Gasteiger charge is 2.33. The topological polar surface area (TPSA) is 64.3 Å². The lowest BCUT2D eigenvalue weighted by Crippen LogP contribution is -2.45. The van der Waals surface area contributed by atoms with Crippen LogP contribution in [0.25, 0.3) is 0 Å². The fraction of sp³-hybridized carbons (Fsp3) is 0.933. The molecule has 0 aromatic heterocycles. The molecule has 2 rings (SSSR count). The fourth-order valence-electron chi connectivity index (χ4n) is 3.51. The Morgan fingerprint density at radius 1 is 1.37 bits per heavy atom. The molecule has 5 atom stereocenters. The maximum absolute atomic E-state index is 12.3. The van der Waals surface area contributed by atoms with Crippen molar-refractivity contribution in [2.45, 2.75) is 58.1 Å². The third kappa shape index (κ3) is 3.48. The van der Waals surface area contributed by atoms with E-state index in [9.17, 15) is 4.79 Å². The number of carbonyl (C=O) groups is 1. The Morgan fingerprint density at radius 3 is 2.89 bits per heavy atom. The van der Waals surface area contributed by atoms with Crippen LogP contribution in [0.15, 0.2) is 0 Å². The van der Waals surface area contributed by atoms with Crippen LogP contribution in [0.4, 0.5) is 0 Å². The van der Waals surface area contributed by atoms with Crippen molar-refractivity contribution in [1.82, 2.24) is 5.32 Å². The van der Waals surface area contributed by atoms with Crippen LogP contribution in [0.5, 0.6) is 0 Å². The van der Waals surface area contributed by atoms with Crippen LogP contribution in [0, 0.1) is 17.8 Å². The van der Waals surface area contributed by atoms with Crippen molar-refractivity contribution in [3.05, 3.63) is 0 Å². The predicted octanol–water partition coefficient (Wildman–Crippen LogP) is 1.68. The van der Waals surface area contributed by atoms with E-state index in [2.05, 4.69) is 19.2 Å². The molecule has 1 saturated heterocycles. The van der Waals surface area contributed by atoms with Crippen molar-refractivity contribution in [3.8, 4) is 0 Å². The number of ether oxygens (including phenoxy) is 1. The average Bonchev–Trinajstić information content (AvgIpc) is 2.86. The van der Waals surface area contributed by atoms with E-state index >= 15 is 0 Å². The first-order chi connectivity index (χ1) is 9.13. The SMILES string of the molecule is CCC1OCCC1CNC(=O)C1CCCC(N)C1C. The van der Waals surface area contributed by atoms with Crippen molar-refractivity contribution in [1.29, 1.82) is 0 Å². The van der Waals surface area contributed by atoms with Gasteiger partial charge in [-0.05, 0) is 31.6 Å². The number of nitrogens with one attached hydrogen (secondary N) is 1. The lowest BCUT2D eigenvalue weighted by molar-refractivity contribution is -0.128. The lowest BCUT2D eigenvalue weighted by atomic mass is 9.77. The number of nitrogens with two attached hydrogens (primary N) is 1. The molecule has 1 saturated carbocycles. The number of hydrogen-bond acceptors (Lipinski definition) is 3. The van der Waals surface area contributed by atoms with Gasteiger partial charge in [-0.1, -0.05) is 20.3 Å². The zero-order valence-corrected chi connectivity index (χ0v) is 12.2. The minimum atomic E-state index is 0.103. The first-order valence-corrected chi connectivity index (χ1v) is 7.78. The van der Waals surface area contributed by atoms with Gasteiger partial charge in [0.2, 0.25) is 5.91 Å². The molecule has 0 spiro atoms. The van der Waals surface area contributed by atoms with Gasteiger partial charge in [-0.25, -0.2) is 0 Å². The Hall–Kier alpha value is -0.610. The van der Waals surface area contributed by atoms with Gasteiger partial charge in [0.25, 0.3) is 0 Å². The fourth-order valence-corrected chi connectivity index (χ4v) is 3.51. The predicted molar refractivity (Wildman–Crippen MR) is 75.6 cm³/mol. The molecule has 1 amide bonds. The Kier molecular flexibility index (Phi) is 5.22. The van der Waals surface area contributed by atoms with Crippen molar-refractivity contribution < 1.29 is 9.53 Å². The second-order valence-electron chi connectivity index (χ2n) is 6.17. The summed E-state index contributed by atoms with van der Waals surface area (Å²) in [4.78, 5) is 12.3. The van der Waals surface area contributed by atoms with E-state index in [1.54, 1.807) is 0 Å². The molecule has 2 aliphatic rings. The molecule has 0 bridgehead atoms. The highest BCUT2D eigenvalue weighted by molar-refractivity contribution is 5.79. The lowest BCUT2D eigenvalue weighted by Gasteiger charge is -2.33. The van der Waals surface area contributed by atoms with E-state index in [-0.39, 0.29) is 17.9 Å². The van der Waals surface area contributed by atoms with Gasteiger partial charge in [0.1, 0.15) is 0 Å². The summed E-state index contributed by atoms with van der Waals surface area (Å²) < 4.78 is 5.66. The molecular formula is C15H28N2O2.